The van der Waals surface area contributed by atoms with Crippen LogP contribution in [-0.4, -0.2) is 11.8 Å². The molecule has 0 radical (unpaired) electrons. The van der Waals surface area contributed by atoms with Crippen molar-refractivity contribution < 1.29 is 0 Å². The highest BCUT2D eigenvalue weighted by molar-refractivity contribution is 9.10. The Kier molecular flexibility index (Phi) is 7.19. The number of rotatable bonds is 7. The Hall–Kier alpha value is -0.0300. The summed E-state index contributed by atoms with van der Waals surface area (Å²) in [7, 11) is 0. The van der Waals surface area contributed by atoms with Crippen LogP contribution in [0, 0.1) is 5.92 Å². The molecule has 0 bridgehead atoms. The molecule has 4 heteroatoms. The van der Waals surface area contributed by atoms with Crippen molar-refractivity contribution in [1.82, 2.24) is 5.43 Å². The topological polar surface area (TPSA) is 38.0 Å². The van der Waals surface area contributed by atoms with Gasteiger partial charge in [-0.15, -0.1) is 11.8 Å². The van der Waals surface area contributed by atoms with Gasteiger partial charge in [0.2, 0.25) is 0 Å². The zero-order valence-corrected chi connectivity index (χ0v) is 12.9. The van der Waals surface area contributed by atoms with Crippen molar-refractivity contribution in [3.8, 4) is 0 Å². The second-order valence-electron chi connectivity index (χ2n) is 4.60. The van der Waals surface area contributed by atoms with E-state index in [1.54, 1.807) is 0 Å². The number of nitrogens with one attached hydrogen (secondary N) is 1. The maximum atomic E-state index is 5.58. The van der Waals surface area contributed by atoms with E-state index in [1.807, 2.05) is 17.8 Å². The number of halogens is 1. The zero-order valence-electron chi connectivity index (χ0n) is 10.4. The molecule has 2 nitrogen and oxygen atoms in total. The van der Waals surface area contributed by atoms with E-state index in [9.17, 15) is 0 Å². The molecule has 0 heterocycles. The molecule has 96 valence electrons. The van der Waals surface area contributed by atoms with Crippen molar-refractivity contribution in [3.05, 3.63) is 28.7 Å². The molecular formula is C13H21BrN2S. The Bertz CT molecular complexity index is 331. The van der Waals surface area contributed by atoms with Crippen LogP contribution in [0.1, 0.15) is 26.7 Å². The van der Waals surface area contributed by atoms with E-state index in [0.29, 0.717) is 6.04 Å². The minimum absolute atomic E-state index is 0.390. The van der Waals surface area contributed by atoms with Gasteiger partial charge >= 0.3 is 0 Å². The van der Waals surface area contributed by atoms with Crippen molar-refractivity contribution in [2.45, 2.75) is 37.6 Å². The highest BCUT2D eigenvalue weighted by Crippen LogP contribution is 2.23. The van der Waals surface area contributed by atoms with Gasteiger partial charge in [-0.1, -0.05) is 35.8 Å². The minimum Gasteiger partial charge on any atom is -0.271 e. The van der Waals surface area contributed by atoms with Crippen molar-refractivity contribution in [1.29, 1.82) is 0 Å². The predicted octanol–water partition coefficient (Wildman–Crippen LogP) is 3.81. The predicted molar refractivity (Wildman–Crippen MR) is 80.0 cm³/mol. The first-order valence-corrected chi connectivity index (χ1v) is 7.74. The molecule has 0 aliphatic carbocycles. The van der Waals surface area contributed by atoms with Crippen LogP contribution in [0.5, 0.6) is 0 Å². The monoisotopic (exact) mass is 316 g/mol. The number of benzene rings is 1. The highest BCUT2D eigenvalue weighted by Gasteiger charge is 2.08. The molecule has 0 spiro atoms. The number of hydrogen-bond acceptors (Lipinski definition) is 3. The maximum Gasteiger partial charge on any atom is 0.0304 e. The molecule has 1 rings (SSSR count). The third-order valence-corrected chi connectivity index (χ3v) is 4.23. The molecular weight excluding hydrogens is 296 g/mol. The van der Waals surface area contributed by atoms with Gasteiger partial charge in [-0.2, -0.15) is 0 Å². The summed E-state index contributed by atoms with van der Waals surface area (Å²) in [5, 5.41) is 0. The largest absolute Gasteiger partial charge is 0.271 e. The Morgan fingerprint density at radius 2 is 2.12 bits per heavy atom. The zero-order chi connectivity index (χ0) is 12.7. The third kappa shape index (κ3) is 6.46. The lowest BCUT2D eigenvalue weighted by Gasteiger charge is -2.16. The molecule has 17 heavy (non-hydrogen) atoms. The molecule has 0 amide bonds. The second-order valence-corrected chi connectivity index (χ2v) is 6.61. The fraction of sp³-hybridized carbons (Fsp3) is 0.538. The van der Waals surface area contributed by atoms with Gasteiger partial charge in [0, 0.05) is 21.2 Å². The molecule has 1 unspecified atom stereocenters. The van der Waals surface area contributed by atoms with Gasteiger partial charge in [0.05, 0.1) is 0 Å². The first-order valence-electron chi connectivity index (χ1n) is 5.96. The maximum absolute atomic E-state index is 5.58. The molecule has 0 fully saturated rings. The standard InChI is InChI=1S/C13H21BrN2S/c1-10(2)6-7-12(16-15)9-17-13-5-3-4-11(14)8-13/h3-5,8,10,12,16H,6-7,9,15H2,1-2H3. The number of thioether (sulfide) groups is 1. The summed E-state index contributed by atoms with van der Waals surface area (Å²) in [5.74, 6) is 7.33. The molecule has 0 saturated carbocycles. The van der Waals surface area contributed by atoms with Crippen molar-refractivity contribution in [2.24, 2.45) is 11.8 Å². The fourth-order valence-corrected chi connectivity index (χ4v) is 3.10. The SMILES string of the molecule is CC(C)CCC(CSc1cccc(Br)c1)NN. The lowest BCUT2D eigenvalue weighted by molar-refractivity contribution is 0.464. The number of nitrogens with two attached hydrogens (primary N) is 1. The average Bonchev–Trinajstić information content (AvgIpc) is 2.29. The summed E-state index contributed by atoms with van der Waals surface area (Å²) in [6, 6.07) is 8.76. The van der Waals surface area contributed by atoms with E-state index < -0.39 is 0 Å². The molecule has 1 aromatic carbocycles. The Labute approximate surface area is 117 Å². The quantitative estimate of drug-likeness (QED) is 0.456. The molecule has 1 atom stereocenters. The average molecular weight is 317 g/mol. The summed E-state index contributed by atoms with van der Waals surface area (Å²) < 4.78 is 1.13. The van der Waals surface area contributed by atoms with Gasteiger partial charge in [-0.05, 0) is 37.0 Å². The van der Waals surface area contributed by atoms with Crippen LogP contribution in [0.2, 0.25) is 0 Å². The van der Waals surface area contributed by atoms with Gasteiger partial charge in [-0.3, -0.25) is 11.3 Å². The van der Waals surface area contributed by atoms with Crippen molar-refractivity contribution in [3.63, 3.8) is 0 Å². The van der Waals surface area contributed by atoms with Gasteiger partial charge in [-0.25, -0.2) is 0 Å². The molecule has 3 N–H and O–H groups in total. The van der Waals surface area contributed by atoms with Crippen LogP contribution in [-0.2, 0) is 0 Å². The molecule has 0 aromatic heterocycles. The van der Waals surface area contributed by atoms with E-state index in [4.69, 9.17) is 5.84 Å². The third-order valence-electron chi connectivity index (χ3n) is 2.58. The molecule has 0 aliphatic rings. The van der Waals surface area contributed by atoms with Crippen LogP contribution in [0.4, 0.5) is 0 Å². The van der Waals surface area contributed by atoms with Crippen LogP contribution in [0.15, 0.2) is 33.6 Å². The van der Waals surface area contributed by atoms with Gasteiger partial charge in [0.15, 0.2) is 0 Å². The van der Waals surface area contributed by atoms with Crippen molar-refractivity contribution >= 4 is 27.7 Å². The van der Waals surface area contributed by atoms with E-state index in [0.717, 1.165) is 22.6 Å². The minimum atomic E-state index is 0.390. The van der Waals surface area contributed by atoms with Crippen LogP contribution < -0.4 is 11.3 Å². The Morgan fingerprint density at radius 3 is 2.71 bits per heavy atom. The van der Waals surface area contributed by atoms with Crippen LogP contribution >= 0.6 is 27.7 Å². The van der Waals surface area contributed by atoms with E-state index in [1.165, 1.54) is 11.3 Å². The normalized spacial score (nSPS) is 13.0. The Morgan fingerprint density at radius 1 is 1.35 bits per heavy atom. The summed E-state index contributed by atoms with van der Waals surface area (Å²) in [6.45, 7) is 4.49. The first-order chi connectivity index (χ1) is 8.11. The summed E-state index contributed by atoms with van der Waals surface area (Å²) in [6.07, 6.45) is 2.35. The Balaban J connectivity index is 2.37. The van der Waals surface area contributed by atoms with E-state index in [2.05, 4.69) is 53.4 Å². The first kappa shape index (κ1) is 15.0. The van der Waals surface area contributed by atoms with Crippen LogP contribution in [0.3, 0.4) is 0 Å². The molecule has 0 saturated heterocycles. The summed E-state index contributed by atoms with van der Waals surface area (Å²) in [5.41, 5.74) is 2.91. The van der Waals surface area contributed by atoms with E-state index in [-0.39, 0.29) is 0 Å². The molecule has 0 aliphatic heterocycles. The molecule has 1 aromatic rings. The van der Waals surface area contributed by atoms with Gasteiger partial charge < -0.3 is 0 Å². The highest BCUT2D eigenvalue weighted by atomic mass is 79.9. The van der Waals surface area contributed by atoms with Crippen molar-refractivity contribution in [2.75, 3.05) is 5.75 Å². The van der Waals surface area contributed by atoms with Gasteiger partial charge in [0.25, 0.3) is 0 Å². The summed E-state index contributed by atoms with van der Waals surface area (Å²) in [4.78, 5) is 1.28. The lowest BCUT2D eigenvalue weighted by Crippen LogP contribution is -2.37. The second kappa shape index (κ2) is 8.14. The summed E-state index contributed by atoms with van der Waals surface area (Å²) >= 11 is 5.33. The fourth-order valence-electron chi connectivity index (χ4n) is 1.50. The smallest absolute Gasteiger partial charge is 0.0304 e. The van der Waals surface area contributed by atoms with Crippen LogP contribution in [0.25, 0.3) is 0 Å². The lowest BCUT2D eigenvalue weighted by atomic mass is 10.0. The number of hydrazine groups is 1. The van der Waals surface area contributed by atoms with Gasteiger partial charge in [0.1, 0.15) is 0 Å². The van der Waals surface area contributed by atoms with E-state index >= 15 is 0 Å². The number of hydrogen-bond donors (Lipinski definition) is 2.